The molecular formula is C10H16N6. The van der Waals surface area contributed by atoms with Crippen LogP contribution >= 0.6 is 0 Å². The quantitative estimate of drug-likeness (QED) is 0.780. The maximum Gasteiger partial charge on any atom is 0.104 e. The van der Waals surface area contributed by atoms with Gasteiger partial charge in [0.05, 0.1) is 12.7 Å². The van der Waals surface area contributed by atoms with Crippen molar-refractivity contribution >= 4 is 0 Å². The topological polar surface area (TPSA) is 60.6 Å². The molecule has 0 bridgehead atoms. The van der Waals surface area contributed by atoms with Gasteiger partial charge in [-0.05, 0) is 6.54 Å². The molecule has 0 saturated heterocycles. The van der Waals surface area contributed by atoms with Crippen LogP contribution in [0.25, 0.3) is 0 Å². The van der Waals surface area contributed by atoms with Crippen LogP contribution < -0.4 is 5.32 Å². The highest BCUT2D eigenvalue weighted by molar-refractivity contribution is 5.05. The first-order valence-electron chi connectivity index (χ1n) is 5.35. The van der Waals surface area contributed by atoms with E-state index in [4.69, 9.17) is 0 Å². The first-order valence-corrected chi connectivity index (χ1v) is 5.35. The van der Waals surface area contributed by atoms with E-state index in [0.717, 1.165) is 18.8 Å². The van der Waals surface area contributed by atoms with E-state index >= 15 is 0 Å². The minimum atomic E-state index is 0.667. The third kappa shape index (κ3) is 2.66. The predicted molar refractivity (Wildman–Crippen MR) is 59.7 cm³/mol. The Morgan fingerprint density at radius 3 is 2.94 bits per heavy atom. The zero-order chi connectivity index (χ0) is 11.4. The van der Waals surface area contributed by atoms with E-state index in [1.165, 1.54) is 5.56 Å². The molecule has 1 N–H and O–H groups in total. The molecule has 0 unspecified atom stereocenters. The Morgan fingerprint density at radius 1 is 1.38 bits per heavy atom. The van der Waals surface area contributed by atoms with Gasteiger partial charge >= 0.3 is 0 Å². The van der Waals surface area contributed by atoms with Gasteiger partial charge in [-0.15, -0.1) is 5.10 Å². The maximum absolute atomic E-state index is 4.27. The summed E-state index contributed by atoms with van der Waals surface area (Å²) in [6, 6.07) is 0. The average Bonchev–Trinajstić information content (AvgIpc) is 2.86. The number of aryl methyl sites for hydroxylation is 1. The van der Waals surface area contributed by atoms with Gasteiger partial charge in [-0.3, -0.25) is 9.36 Å². The van der Waals surface area contributed by atoms with E-state index in [1.807, 2.05) is 30.3 Å². The lowest BCUT2D eigenvalue weighted by Crippen LogP contribution is -2.11. The summed E-state index contributed by atoms with van der Waals surface area (Å²) in [5.41, 5.74) is 2.10. The zero-order valence-corrected chi connectivity index (χ0v) is 9.59. The maximum atomic E-state index is 4.27. The van der Waals surface area contributed by atoms with Crippen molar-refractivity contribution in [3.8, 4) is 0 Å². The molecule has 0 aliphatic rings. The van der Waals surface area contributed by atoms with Crippen molar-refractivity contribution in [2.24, 2.45) is 7.05 Å². The van der Waals surface area contributed by atoms with E-state index in [2.05, 4.69) is 27.7 Å². The van der Waals surface area contributed by atoms with Crippen LogP contribution in [0.4, 0.5) is 0 Å². The van der Waals surface area contributed by atoms with Crippen molar-refractivity contribution in [2.45, 2.75) is 20.0 Å². The zero-order valence-electron chi connectivity index (χ0n) is 9.59. The third-order valence-corrected chi connectivity index (χ3v) is 2.24. The van der Waals surface area contributed by atoms with Crippen LogP contribution in [0.2, 0.25) is 0 Å². The fourth-order valence-corrected chi connectivity index (χ4v) is 1.49. The van der Waals surface area contributed by atoms with Crippen LogP contribution in [-0.4, -0.2) is 31.3 Å². The predicted octanol–water partition coefficient (Wildman–Crippen LogP) is 0.169. The summed E-state index contributed by atoms with van der Waals surface area (Å²) >= 11 is 0. The summed E-state index contributed by atoms with van der Waals surface area (Å²) < 4.78 is 3.56. The van der Waals surface area contributed by atoms with Gasteiger partial charge in [-0.25, -0.2) is 0 Å². The Balaban J connectivity index is 1.97. The third-order valence-electron chi connectivity index (χ3n) is 2.24. The van der Waals surface area contributed by atoms with Crippen molar-refractivity contribution in [3.05, 3.63) is 29.8 Å². The summed E-state index contributed by atoms with van der Waals surface area (Å²) in [6.45, 7) is 4.58. The van der Waals surface area contributed by atoms with Crippen LogP contribution in [0.5, 0.6) is 0 Å². The molecule has 0 aromatic carbocycles. The molecule has 0 spiro atoms. The summed E-state index contributed by atoms with van der Waals surface area (Å²) in [6.07, 6.45) is 5.79. The minimum absolute atomic E-state index is 0.667. The standard InChI is InChI=1S/C10H16N6/c1-3-11-4-9-5-12-16(6-9)8-10-7-15(2)14-13-10/h5-7,11H,3-4,8H2,1-2H3. The second-order valence-corrected chi connectivity index (χ2v) is 3.71. The van der Waals surface area contributed by atoms with Gasteiger partial charge < -0.3 is 5.32 Å². The fraction of sp³-hybridized carbons (Fsp3) is 0.500. The van der Waals surface area contributed by atoms with Crippen LogP contribution in [0.15, 0.2) is 18.6 Å². The number of nitrogens with zero attached hydrogens (tertiary/aromatic N) is 5. The molecule has 0 aliphatic heterocycles. The van der Waals surface area contributed by atoms with E-state index in [-0.39, 0.29) is 0 Å². The van der Waals surface area contributed by atoms with E-state index in [1.54, 1.807) is 4.68 Å². The highest BCUT2D eigenvalue weighted by Crippen LogP contribution is 2.00. The van der Waals surface area contributed by atoms with Crippen molar-refractivity contribution in [1.29, 1.82) is 0 Å². The summed E-state index contributed by atoms with van der Waals surface area (Å²) in [5, 5.41) is 15.4. The molecule has 6 heteroatoms. The molecule has 86 valence electrons. The van der Waals surface area contributed by atoms with Crippen molar-refractivity contribution in [1.82, 2.24) is 30.1 Å². The van der Waals surface area contributed by atoms with Gasteiger partial charge in [0.1, 0.15) is 5.69 Å². The first-order chi connectivity index (χ1) is 7.78. The lowest BCUT2D eigenvalue weighted by molar-refractivity contribution is 0.665. The van der Waals surface area contributed by atoms with E-state index in [9.17, 15) is 0 Å². The average molecular weight is 220 g/mol. The Hall–Kier alpha value is -1.69. The van der Waals surface area contributed by atoms with Gasteiger partial charge in [0.15, 0.2) is 0 Å². The van der Waals surface area contributed by atoms with Crippen LogP contribution in [0.1, 0.15) is 18.2 Å². The molecule has 2 aromatic heterocycles. The normalized spacial score (nSPS) is 10.9. The molecule has 0 fully saturated rings. The Labute approximate surface area is 94.3 Å². The molecule has 6 nitrogen and oxygen atoms in total. The molecule has 16 heavy (non-hydrogen) atoms. The van der Waals surface area contributed by atoms with Gasteiger partial charge in [0.25, 0.3) is 0 Å². The molecule has 2 heterocycles. The molecule has 0 saturated carbocycles. The Bertz CT molecular complexity index is 444. The first kappa shape index (κ1) is 10.8. The van der Waals surface area contributed by atoms with Crippen LogP contribution in [0.3, 0.4) is 0 Å². The van der Waals surface area contributed by atoms with Crippen LogP contribution in [0, 0.1) is 0 Å². The number of hydrogen-bond acceptors (Lipinski definition) is 4. The number of nitrogens with one attached hydrogen (secondary N) is 1. The SMILES string of the molecule is CCNCc1cnn(Cc2cn(C)nn2)c1. The highest BCUT2D eigenvalue weighted by atomic mass is 15.4. The monoisotopic (exact) mass is 220 g/mol. The Morgan fingerprint density at radius 2 is 2.25 bits per heavy atom. The number of rotatable bonds is 5. The van der Waals surface area contributed by atoms with E-state index < -0.39 is 0 Å². The van der Waals surface area contributed by atoms with Crippen molar-refractivity contribution in [3.63, 3.8) is 0 Å². The van der Waals surface area contributed by atoms with Crippen molar-refractivity contribution in [2.75, 3.05) is 6.54 Å². The minimum Gasteiger partial charge on any atom is -0.313 e. The smallest absolute Gasteiger partial charge is 0.104 e. The van der Waals surface area contributed by atoms with Gasteiger partial charge in [-0.2, -0.15) is 5.10 Å². The summed E-state index contributed by atoms with van der Waals surface area (Å²) in [5.74, 6) is 0. The highest BCUT2D eigenvalue weighted by Gasteiger charge is 2.02. The lowest BCUT2D eigenvalue weighted by atomic mass is 10.3. The summed E-state index contributed by atoms with van der Waals surface area (Å²) in [4.78, 5) is 0. The Kier molecular flexibility index (Phi) is 3.31. The molecule has 2 aromatic rings. The molecular weight excluding hydrogens is 204 g/mol. The molecule has 2 rings (SSSR count). The lowest BCUT2D eigenvalue weighted by Gasteiger charge is -1.97. The number of hydrogen-bond donors (Lipinski definition) is 1. The molecule has 0 radical (unpaired) electrons. The second kappa shape index (κ2) is 4.89. The second-order valence-electron chi connectivity index (χ2n) is 3.71. The number of aromatic nitrogens is 5. The molecule has 0 amide bonds. The van der Waals surface area contributed by atoms with Gasteiger partial charge in [0.2, 0.25) is 0 Å². The molecule has 0 atom stereocenters. The molecule has 0 aliphatic carbocycles. The van der Waals surface area contributed by atoms with E-state index in [0.29, 0.717) is 6.54 Å². The van der Waals surface area contributed by atoms with Gasteiger partial charge in [-0.1, -0.05) is 12.1 Å². The van der Waals surface area contributed by atoms with Crippen LogP contribution in [-0.2, 0) is 20.1 Å². The largest absolute Gasteiger partial charge is 0.313 e. The van der Waals surface area contributed by atoms with Gasteiger partial charge in [0, 0.05) is 31.5 Å². The van der Waals surface area contributed by atoms with Crippen molar-refractivity contribution < 1.29 is 0 Å². The summed E-state index contributed by atoms with van der Waals surface area (Å²) in [7, 11) is 1.86. The fourth-order valence-electron chi connectivity index (χ4n) is 1.49.